The van der Waals surface area contributed by atoms with Crippen LogP contribution < -0.4 is 4.90 Å². The predicted octanol–water partition coefficient (Wildman–Crippen LogP) is 2.95. The minimum Gasteiger partial charge on any atom is -0.465 e. The molecule has 20 heavy (non-hydrogen) atoms. The molecule has 1 N–H and O–H groups in total. The summed E-state index contributed by atoms with van der Waals surface area (Å²) in [6.07, 6.45) is -0.821. The Morgan fingerprint density at radius 1 is 1.00 bits per heavy atom. The van der Waals surface area contributed by atoms with E-state index < -0.39 is 6.09 Å². The van der Waals surface area contributed by atoms with Crippen LogP contribution in [0.5, 0.6) is 0 Å². The second-order valence-corrected chi connectivity index (χ2v) is 5.29. The minimum atomic E-state index is -0.821. The highest BCUT2D eigenvalue weighted by molar-refractivity contribution is 5.86. The molecule has 0 saturated carbocycles. The van der Waals surface area contributed by atoms with Gasteiger partial charge in [0.05, 0.1) is 0 Å². The Morgan fingerprint density at radius 3 is 2.35 bits per heavy atom. The zero-order valence-electron chi connectivity index (χ0n) is 11.5. The van der Waals surface area contributed by atoms with E-state index >= 15 is 0 Å². The van der Waals surface area contributed by atoms with E-state index in [-0.39, 0.29) is 0 Å². The van der Waals surface area contributed by atoms with Crippen LogP contribution >= 0.6 is 0 Å². The molecule has 0 aromatic heterocycles. The third-order valence-electron chi connectivity index (χ3n) is 3.89. The van der Waals surface area contributed by atoms with Gasteiger partial charge in [0, 0.05) is 31.9 Å². The van der Waals surface area contributed by atoms with Gasteiger partial charge in [0.2, 0.25) is 0 Å². The first kappa shape index (κ1) is 12.8. The number of carbonyl (C=O) groups is 1. The van der Waals surface area contributed by atoms with Crippen molar-refractivity contribution in [2.24, 2.45) is 0 Å². The first-order valence-corrected chi connectivity index (χ1v) is 6.87. The van der Waals surface area contributed by atoms with Crippen LogP contribution in [0.25, 0.3) is 10.8 Å². The topological polar surface area (TPSA) is 43.8 Å². The highest BCUT2D eigenvalue weighted by atomic mass is 16.4. The van der Waals surface area contributed by atoms with Gasteiger partial charge >= 0.3 is 6.09 Å². The average Bonchev–Trinajstić information content (AvgIpc) is 2.47. The lowest BCUT2D eigenvalue weighted by atomic mass is 10.1. The quantitative estimate of drug-likeness (QED) is 0.866. The molecule has 1 heterocycles. The van der Waals surface area contributed by atoms with Gasteiger partial charge < -0.3 is 14.9 Å². The summed E-state index contributed by atoms with van der Waals surface area (Å²) in [6, 6.07) is 12.9. The van der Waals surface area contributed by atoms with E-state index in [0.717, 1.165) is 13.1 Å². The molecule has 1 saturated heterocycles. The average molecular weight is 270 g/mol. The highest BCUT2D eigenvalue weighted by Gasteiger charge is 2.20. The number of anilines is 1. The smallest absolute Gasteiger partial charge is 0.407 e. The van der Waals surface area contributed by atoms with E-state index in [4.69, 9.17) is 5.11 Å². The van der Waals surface area contributed by atoms with Crippen molar-refractivity contribution in [1.82, 2.24) is 4.90 Å². The second kappa shape index (κ2) is 5.04. The van der Waals surface area contributed by atoms with Crippen LogP contribution in [0, 0.1) is 6.92 Å². The SMILES string of the molecule is Cc1ccc2cc(N3CCN(C(=O)O)CC3)ccc2c1. The van der Waals surface area contributed by atoms with E-state index in [9.17, 15) is 4.79 Å². The van der Waals surface area contributed by atoms with Gasteiger partial charge in [0.1, 0.15) is 0 Å². The molecule has 104 valence electrons. The first-order chi connectivity index (χ1) is 9.63. The number of fused-ring (bicyclic) bond motifs is 1. The van der Waals surface area contributed by atoms with Crippen LogP contribution in [-0.2, 0) is 0 Å². The molecular formula is C16H18N2O2. The van der Waals surface area contributed by atoms with Crippen molar-refractivity contribution in [2.45, 2.75) is 6.92 Å². The van der Waals surface area contributed by atoms with Crippen molar-refractivity contribution >= 4 is 22.6 Å². The van der Waals surface area contributed by atoms with Crippen LogP contribution in [0.4, 0.5) is 10.5 Å². The number of nitrogens with zero attached hydrogens (tertiary/aromatic N) is 2. The van der Waals surface area contributed by atoms with Crippen molar-refractivity contribution in [2.75, 3.05) is 31.1 Å². The van der Waals surface area contributed by atoms with Crippen LogP contribution in [-0.4, -0.2) is 42.3 Å². The van der Waals surface area contributed by atoms with Gasteiger partial charge in [-0.05, 0) is 29.8 Å². The lowest BCUT2D eigenvalue weighted by Crippen LogP contribution is -2.48. The number of aryl methyl sites for hydroxylation is 1. The minimum absolute atomic E-state index is 0.571. The molecule has 0 radical (unpaired) electrons. The Hall–Kier alpha value is -2.23. The summed E-state index contributed by atoms with van der Waals surface area (Å²) in [5.41, 5.74) is 2.44. The van der Waals surface area contributed by atoms with Crippen LogP contribution in [0.15, 0.2) is 36.4 Å². The predicted molar refractivity (Wildman–Crippen MR) is 80.5 cm³/mol. The Balaban J connectivity index is 1.81. The van der Waals surface area contributed by atoms with Crippen LogP contribution in [0.2, 0.25) is 0 Å². The van der Waals surface area contributed by atoms with Gasteiger partial charge in [-0.2, -0.15) is 0 Å². The van der Waals surface area contributed by atoms with Gasteiger partial charge in [0.25, 0.3) is 0 Å². The summed E-state index contributed by atoms with van der Waals surface area (Å²) in [6.45, 7) is 4.74. The summed E-state index contributed by atoms with van der Waals surface area (Å²) in [7, 11) is 0. The molecule has 4 nitrogen and oxygen atoms in total. The van der Waals surface area contributed by atoms with E-state index in [1.54, 1.807) is 0 Å². The van der Waals surface area contributed by atoms with E-state index in [1.807, 2.05) is 0 Å². The molecule has 2 aromatic carbocycles. The molecule has 3 rings (SSSR count). The molecule has 4 heteroatoms. The van der Waals surface area contributed by atoms with E-state index in [1.165, 1.54) is 26.9 Å². The Morgan fingerprint density at radius 2 is 1.65 bits per heavy atom. The fourth-order valence-corrected chi connectivity index (χ4v) is 2.71. The third-order valence-corrected chi connectivity index (χ3v) is 3.89. The summed E-state index contributed by atoms with van der Waals surface area (Å²) in [4.78, 5) is 14.6. The molecule has 1 fully saturated rings. The number of rotatable bonds is 1. The van der Waals surface area contributed by atoms with Gasteiger partial charge in [-0.3, -0.25) is 0 Å². The number of hydrogen-bond donors (Lipinski definition) is 1. The third kappa shape index (κ3) is 2.41. The number of hydrogen-bond acceptors (Lipinski definition) is 2. The van der Waals surface area contributed by atoms with Crippen molar-refractivity contribution in [1.29, 1.82) is 0 Å². The van der Waals surface area contributed by atoms with Gasteiger partial charge in [0.15, 0.2) is 0 Å². The Kier molecular flexibility index (Phi) is 3.22. The second-order valence-electron chi connectivity index (χ2n) is 5.29. The Labute approximate surface area is 118 Å². The maximum Gasteiger partial charge on any atom is 0.407 e. The lowest BCUT2D eigenvalue weighted by Gasteiger charge is -2.34. The van der Waals surface area contributed by atoms with E-state index in [2.05, 4.69) is 48.2 Å². The molecule has 0 atom stereocenters. The maximum absolute atomic E-state index is 10.9. The highest BCUT2D eigenvalue weighted by Crippen LogP contribution is 2.24. The van der Waals surface area contributed by atoms with Gasteiger partial charge in [-0.25, -0.2) is 4.79 Å². The summed E-state index contributed by atoms with van der Waals surface area (Å²) >= 11 is 0. The van der Waals surface area contributed by atoms with E-state index in [0.29, 0.717) is 13.1 Å². The monoisotopic (exact) mass is 270 g/mol. The molecular weight excluding hydrogens is 252 g/mol. The number of amides is 1. The zero-order valence-corrected chi connectivity index (χ0v) is 11.5. The molecule has 1 aliphatic rings. The summed E-state index contributed by atoms with van der Waals surface area (Å²) < 4.78 is 0. The Bertz CT molecular complexity index is 646. The number of piperazine rings is 1. The first-order valence-electron chi connectivity index (χ1n) is 6.87. The fourth-order valence-electron chi connectivity index (χ4n) is 2.71. The molecule has 0 bridgehead atoms. The molecule has 2 aromatic rings. The van der Waals surface area contributed by atoms with Crippen LogP contribution in [0.3, 0.4) is 0 Å². The van der Waals surface area contributed by atoms with Crippen molar-refractivity contribution < 1.29 is 9.90 Å². The van der Waals surface area contributed by atoms with Gasteiger partial charge in [-0.1, -0.05) is 29.8 Å². The lowest BCUT2D eigenvalue weighted by molar-refractivity contribution is 0.142. The largest absolute Gasteiger partial charge is 0.465 e. The number of carboxylic acid groups (broad SMARTS) is 1. The molecule has 0 spiro atoms. The maximum atomic E-state index is 10.9. The summed E-state index contributed by atoms with van der Waals surface area (Å²) in [5.74, 6) is 0. The summed E-state index contributed by atoms with van der Waals surface area (Å²) in [5, 5.41) is 11.4. The van der Waals surface area contributed by atoms with Crippen molar-refractivity contribution in [3.8, 4) is 0 Å². The van der Waals surface area contributed by atoms with Crippen molar-refractivity contribution in [3.63, 3.8) is 0 Å². The van der Waals surface area contributed by atoms with Crippen molar-refractivity contribution in [3.05, 3.63) is 42.0 Å². The molecule has 0 aliphatic carbocycles. The molecule has 1 aliphatic heterocycles. The fraction of sp³-hybridized carbons (Fsp3) is 0.312. The molecule has 0 unspecified atom stereocenters. The normalized spacial score (nSPS) is 15.7. The van der Waals surface area contributed by atoms with Crippen LogP contribution in [0.1, 0.15) is 5.56 Å². The standard InChI is InChI=1S/C16H18N2O2/c1-12-2-3-14-11-15(5-4-13(14)10-12)17-6-8-18(9-7-17)16(19)20/h2-5,10-11H,6-9H2,1H3,(H,19,20). The number of benzene rings is 2. The van der Waals surface area contributed by atoms with Gasteiger partial charge in [-0.15, -0.1) is 0 Å². The molecule has 1 amide bonds. The zero-order chi connectivity index (χ0) is 14.1.